The lowest BCUT2D eigenvalue weighted by Gasteiger charge is -2.32. The van der Waals surface area contributed by atoms with Crippen LogP contribution in [0.25, 0.3) is 0 Å². The number of likely N-dealkylation sites (N-methyl/N-ethyl adjacent to an activating group) is 1. The van der Waals surface area contributed by atoms with Crippen molar-refractivity contribution < 1.29 is 19.5 Å². The third kappa shape index (κ3) is 4.42. The van der Waals surface area contributed by atoms with E-state index in [1.54, 1.807) is 11.9 Å². The Labute approximate surface area is 112 Å². The van der Waals surface area contributed by atoms with Crippen LogP contribution in [0.4, 0.5) is 4.79 Å². The number of nitrogens with zero attached hydrogens (tertiary/aromatic N) is 2. The molecule has 1 fully saturated rings. The third-order valence-corrected chi connectivity index (χ3v) is 3.05. The summed E-state index contributed by atoms with van der Waals surface area (Å²) in [7, 11) is 1.68. The summed E-state index contributed by atoms with van der Waals surface area (Å²) in [6, 6.07) is -1.41. The van der Waals surface area contributed by atoms with E-state index in [0.29, 0.717) is 19.5 Å². The second kappa shape index (κ2) is 6.40. The molecule has 0 saturated carbocycles. The number of piperazine rings is 1. The molecule has 1 aliphatic rings. The van der Waals surface area contributed by atoms with Gasteiger partial charge in [0.05, 0.1) is 0 Å². The van der Waals surface area contributed by atoms with Crippen molar-refractivity contribution in [3.63, 3.8) is 0 Å². The fourth-order valence-electron chi connectivity index (χ4n) is 1.87. The lowest BCUT2D eigenvalue weighted by Crippen LogP contribution is -2.56. The Morgan fingerprint density at radius 1 is 1.37 bits per heavy atom. The van der Waals surface area contributed by atoms with Gasteiger partial charge in [-0.2, -0.15) is 0 Å². The molecule has 0 aromatic heterocycles. The summed E-state index contributed by atoms with van der Waals surface area (Å²) in [5, 5.41) is 11.5. The summed E-state index contributed by atoms with van der Waals surface area (Å²) >= 11 is 0. The normalized spacial score (nSPS) is 17.6. The van der Waals surface area contributed by atoms with E-state index in [4.69, 9.17) is 5.11 Å². The van der Waals surface area contributed by atoms with Crippen molar-refractivity contribution in [3.05, 3.63) is 0 Å². The summed E-state index contributed by atoms with van der Waals surface area (Å²) in [6.45, 7) is 4.66. The molecule has 7 heteroatoms. The van der Waals surface area contributed by atoms with Crippen LogP contribution in [0, 0.1) is 5.92 Å². The summed E-state index contributed by atoms with van der Waals surface area (Å²) in [6.07, 6.45) is 0.364. The van der Waals surface area contributed by atoms with E-state index in [0.717, 1.165) is 0 Å². The van der Waals surface area contributed by atoms with E-state index in [1.807, 2.05) is 13.8 Å². The van der Waals surface area contributed by atoms with Gasteiger partial charge in [0.2, 0.25) is 5.91 Å². The Morgan fingerprint density at radius 2 is 2.00 bits per heavy atom. The number of amides is 3. The molecule has 7 nitrogen and oxygen atoms in total. The Hall–Kier alpha value is -1.79. The van der Waals surface area contributed by atoms with Gasteiger partial charge in [0.1, 0.15) is 12.6 Å². The van der Waals surface area contributed by atoms with Crippen LogP contribution in [0.5, 0.6) is 0 Å². The molecule has 0 aliphatic carbocycles. The van der Waals surface area contributed by atoms with Crippen molar-refractivity contribution in [2.45, 2.75) is 26.3 Å². The number of nitrogens with one attached hydrogen (secondary N) is 1. The topological polar surface area (TPSA) is 90.0 Å². The van der Waals surface area contributed by atoms with E-state index < -0.39 is 18.0 Å². The van der Waals surface area contributed by atoms with Crippen molar-refractivity contribution in [3.8, 4) is 0 Å². The van der Waals surface area contributed by atoms with E-state index in [2.05, 4.69) is 5.32 Å². The summed E-state index contributed by atoms with van der Waals surface area (Å²) in [5.41, 5.74) is 0. The molecule has 0 spiro atoms. The van der Waals surface area contributed by atoms with Crippen LogP contribution in [0.2, 0.25) is 0 Å². The highest BCUT2D eigenvalue weighted by molar-refractivity contribution is 5.87. The molecule has 0 bridgehead atoms. The SMILES string of the molecule is CC(C)C[C@H](NC(=O)N1CCN(C)C(=O)C1)C(=O)O. The number of urea groups is 1. The Morgan fingerprint density at radius 3 is 2.47 bits per heavy atom. The predicted molar refractivity (Wildman–Crippen MR) is 68.6 cm³/mol. The maximum atomic E-state index is 11.9. The van der Waals surface area contributed by atoms with Gasteiger partial charge in [-0.05, 0) is 12.3 Å². The number of carbonyl (C=O) groups is 3. The number of carbonyl (C=O) groups excluding carboxylic acids is 2. The van der Waals surface area contributed by atoms with Crippen molar-refractivity contribution in [1.82, 2.24) is 15.1 Å². The summed E-state index contributed by atoms with van der Waals surface area (Å²) in [5.74, 6) is -1.03. The largest absolute Gasteiger partial charge is 0.480 e. The average Bonchev–Trinajstić information content (AvgIpc) is 2.31. The smallest absolute Gasteiger partial charge is 0.326 e. The first kappa shape index (κ1) is 15.3. The zero-order chi connectivity index (χ0) is 14.6. The van der Waals surface area contributed by atoms with E-state index >= 15 is 0 Å². The molecule has 108 valence electrons. The first-order chi connectivity index (χ1) is 8.81. The van der Waals surface area contributed by atoms with Crippen LogP contribution in [0.3, 0.4) is 0 Å². The molecule has 0 radical (unpaired) electrons. The second-order valence-corrected chi connectivity index (χ2v) is 5.21. The standard InChI is InChI=1S/C12H21N3O4/c1-8(2)6-9(11(17)18)13-12(19)15-5-4-14(3)10(16)7-15/h8-9H,4-7H2,1-3H3,(H,13,19)(H,17,18)/t9-/m0/s1. The van der Waals surface area contributed by atoms with Crippen molar-refractivity contribution in [2.75, 3.05) is 26.7 Å². The zero-order valence-electron chi connectivity index (χ0n) is 11.5. The molecule has 19 heavy (non-hydrogen) atoms. The number of carboxylic acid groups (broad SMARTS) is 1. The van der Waals surface area contributed by atoms with Gasteiger partial charge in [-0.3, -0.25) is 4.79 Å². The minimum Gasteiger partial charge on any atom is -0.480 e. The van der Waals surface area contributed by atoms with E-state index in [9.17, 15) is 14.4 Å². The molecule has 1 atom stereocenters. The maximum Gasteiger partial charge on any atom is 0.326 e. The monoisotopic (exact) mass is 271 g/mol. The first-order valence-corrected chi connectivity index (χ1v) is 6.33. The Balaban J connectivity index is 2.57. The van der Waals surface area contributed by atoms with Gasteiger partial charge in [-0.15, -0.1) is 0 Å². The van der Waals surface area contributed by atoms with Gasteiger partial charge >= 0.3 is 12.0 Å². The average molecular weight is 271 g/mol. The molecular formula is C12H21N3O4. The first-order valence-electron chi connectivity index (χ1n) is 6.33. The molecule has 1 rings (SSSR count). The van der Waals surface area contributed by atoms with Gasteiger partial charge in [-0.25, -0.2) is 9.59 Å². The molecule has 1 heterocycles. The number of aliphatic carboxylic acids is 1. The maximum absolute atomic E-state index is 11.9. The summed E-state index contributed by atoms with van der Waals surface area (Å²) < 4.78 is 0. The summed E-state index contributed by atoms with van der Waals surface area (Å²) in [4.78, 5) is 37.4. The van der Waals surface area contributed by atoms with Crippen LogP contribution in [-0.4, -0.2) is 65.5 Å². The van der Waals surface area contributed by atoms with E-state index in [-0.39, 0.29) is 18.4 Å². The number of hydrogen-bond donors (Lipinski definition) is 2. The molecule has 3 amide bonds. The lowest BCUT2D eigenvalue weighted by atomic mass is 10.0. The highest BCUT2D eigenvalue weighted by Crippen LogP contribution is 2.07. The number of rotatable bonds is 4. The minimum absolute atomic E-state index is 0.00362. The van der Waals surface area contributed by atoms with Crippen molar-refractivity contribution in [1.29, 1.82) is 0 Å². The molecule has 1 aliphatic heterocycles. The van der Waals surface area contributed by atoms with Crippen molar-refractivity contribution >= 4 is 17.9 Å². The Bertz CT molecular complexity index is 370. The van der Waals surface area contributed by atoms with Crippen molar-refractivity contribution in [2.24, 2.45) is 5.92 Å². The van der Waals surface area contributed by atoms with Crippen LogP contribution in [0.1, 0.15) is 20.3 Å². The van der Waals surface area contributed by atoms with Gasteiger partial charge in [0.15, 0.2) is 0 Å². The number of carboxylic acids is 1. The van der Waals surface area contributed by atoms with Crippen LogP contribution in [0.15, 0.2) is 0 Å². The van der Waals surface area contributed by atoms with E-state index in [1.165, 1.54) is 4.90 Å². The third-order valence-electron chi connectivity index (χ3n) is 3.05. The highest BCUT2D eigenvalue weighted by Gasteiger charge is 2.28. The predicted octanol–water partition coefficient (Wildman–Crippen LogP) is -0.0307. The second-order valence-electron chi connectivity index (χ2n) is 5.21. The fraction of sp³-hybridized carbons (Fsp3) is 0.750. The molecule has 0 unspecified atom stereocenters. The Kier molecular flexibility index (Phi) is 5.14. The lowest BCUT2D eigenvalue weighted by molar-refractivity contribution is -0.139. The zero-order valence-corrected chi connectivity index (χ0v) is 11.5. The minimum atomic E-state index is -1.05. The molecule has 0 aromatic carbocycles. The van der Waals surface area contributed by atoms with Gasteiger partial charge < -0.3 is 20.2 Å². The number of hydrogen-bond acceptors (Lipinski definition) is 3. The van der Waals surface area contributed by atoms with Crippen LogP contribution < -0.4 is 5.32 Å². The van der Waals surface area contributed by atoms with Gasteiger partial charge in [0.25, 0.3) is 0 Å². The molecule has 2 N–H and O–H groups in total. The highest BCUT2D eigenvalue weighted by atomic mass is 16.4. The molecular weight excluding hydrogens is 250 g/mol. The van der Waals surface area contributed by atoms with Gasteiger partial charge in [-0.1, -0.05) is 13.8 Å². The van der Waals surface area contributed by atoms with Gasteiger partial charge in [0, 0.05) is 20.1 Å². The molecule has 1 saturated heterocycles. The fourth-order valence-corrected chi connectivity index (χ4v) is 1.87. The van der Waals surface area contributed by atoms with Crippen LogP contribution in [-0.2, 0) is 9.59 Å². The molecule has 0 aromatic rings. The quantitative estimate of drug-likeness (QED) is 0.751. The van der Waals surface area contributed by atoms with Crippen LogP contribution >= 0.6 is 0 Å².